The van der Waals surface area contributed by atoms with E-state index in [0.29, 0.717) is 10.8 Å². The van der Waals surface area contributed by atoms with E-state index in [4.69, 9.17) is 22.1 Å². The molecule has 0 unspecified atom stereocenters. The van der Waals surface area contributed by atoms with E-state index in [-0.39, 0.29) is 0 Å². The molecule has 4 heteroatoms. The highest BCUT2D eigenvalue weighted by Crippen LogP contribution is 2.28. The first kappa shape index (κ1) is 14.2. The van der Waals surface area contributed by atoms with E-state index >= 15 is 0 Å². The van der Waals surface area contributed by atoms with Crippen LogP contribution in [0.5, 0.6) is 5.75 Å². The van der Waals surface area contributed by atoms with Crippen molar-refractivity contribution in [1.82, 2.24) is 4.90 Å². The van der Waals surface area contributed by atoms with Gasteiger partial charge in [0.05, 0.1) is 12.1 Å². The van der Waals surface area contributed by atoms with E-state index in [0.717, 1.165) is 31.7 Å². The first-order valence-corrected chi connectivity index (χ1v) is 7.46. The van der Waals surface area contributed by atoms with Gasteiger partial charge in [0.1, 0.15) is 5.75 Å². The third-order valence-corrected chi connectivity index (χ3v) is 4.31. The second-order valence-electron chi connectivity index (χ2n) is 5.41. The molecule has 0 amide bonds. The smallest absolute Gasteiger partial charge is 0.137 e. The van der Waals surface area contributed by atoms with Crippen LogP contribution in [0, 0.1) is 0 Å². The summed E-state index contributed by atoms with van der Waals surface area (Å²) in [5.74, 6) is 0.716. The van der Waals surface area contributed by atoms with Crippen LogP contribution in [0.25, 0.3) is 0 Å². The van der Waals surface area contributed by atoms with Crippen molar-refractivity contribution >= 4 is 17.3 Å². The Bertz CT molecular complexity index is 657. The van der Waals surface area contributed by atoms with Crippen molar-refractivity contribution in [2.45, 2.75) is 19.5 Å². The van der Waals surface area contributed by atoms with Crippen LogP contribution in [0.15, 0.2) is 36.4 Å². The zero-order valence-corrected chi connectivity index (χ0v) is 12.9. The van der Waals surface area contributed by atoms with Crippen molar-refractivity contribution in [3.8, 4) is 5.75 Å². The van der Waals surface area contributed by atoms with Crippen LogP contribution in [0.3, 0.4) is 0 Å². The van der Waals surface area contributed by atoms with Gasteiger partial charge in [-0.2, -0.15) is 0 Å². The summed E-state index contributed by atoms with van der Waals surface area (Å²) in [5, 5.41) is 0.659. The fourth-order valence-electron chi connectivity index (χ4n) is 2.86. The van der Waals surface area contributed by atoms with Crippen molar-refractivity contribution in [2.75, 3.05) is 19.4 Å². The molecule has 0 aliphatic carbocycles. The highest BCUT2D eigenvalue weighted by Gasteiger charge is 2.18. The Morgan fingerprint density at radius 2 is 2.14 bits per heavy atom. The largest absolute Gasteiger partial charge is 0.495 e. The molecule has 1 heterocycles. The molecule has 0 saturated heterocycles. The lowest BCUT2D eigenvalue weighted by Crippen LogP contribution is -2.30. The van der Waals surface area contributed by atoms with Gasteiger partial charge in [-0.05, 0) is 41.3 Å². The zero-order chi connectivity index (χ0) is 14.8. The Kier molecular flexibility index (Phi) is 4.04. The average Bonchev–Trinajstić information content (AvgIpc) is 2.48. The van der Waals surface area contributed by atoms with E-state index in [1.165, 1.54) is 16.7 Å². The van der Waals surface area contributed by atoms with Crippen LogP contribution in [-0.4, -0.2) is 18.6 Å². The summed E-state index contributed by atoms with van der Waals surface area (Å²) in [4.78, 5) is 2.40. The normalized spacial score (nSPS) is 14.8. The molecule has 0 atom stereocenters. The molecule has 110 valence electrons. The van der Waals surface area contributed by atoms with Crippen LogP contribution < -0.4 is 10.5 Å². The highest BCUT2D eigenvalue weighted by molar-refractivity contribution is 6.32. The monoisotopic (exact) mass is 302 g/mol. The predicted molar refractivity (Wildman–Crippen MR) is 86.7 cm³/mol. The van der Waals surface area contributed by atoms with Gasteiger partial charge in [0.2, 0.25) is 0 Å². The van der Waals surface area contributed by atoms with E-state index in [2.05, 4.69) is 17.0 Å². The fraction of sp³-hybridized carbons (Fsp3) is 0.294. The lowest BCUT2D eigenvalue weighted by Gasteiger charge is -2.29. The number of nitrogens with two attached hydrogens (primary N) is 1. The maximum absolute atomic E-state index is 6.19. The minimum atomic E-state index is 0.659. The molecule has 0 spiro atoms. The van der Waals surface area contributed by atoms with Gasteiger partial charge >= 0.3 is 0 Å². The molecule has 2 N–H and O–H groups in total. The summed E-state index contributed by atoms with van der Waals surface area (Å²) in [5.41, 5.74) is 10.8. The van der Waals surface area contributed by atoms with Gasteiger partial charge in [-0.3, -0.25) is 4.90 Å². The average molecular weight is 303 g/mol. The van der Waals surface area contributed by atoms with E-state index < -0.39 is 0 Å². The number of rotatable bonds is 3. The van der Waals surface area contributed by atoms with Gasteiger partial charge in [-0.15, -0.1) is 0 Å². The van der Waals surface area contributed by atoms with Crippen molar-refractivity contribution < 1.29 is 4.74 Å². The van der Waals surface area contributed by atoms with Gasteiger partial charge in [0, 0.05) is 25.3 Å². The third-order valence-electron chi connectivity index (χ3n) is 4.01. The van der Waals surface area contributed by atoms with Crippen LogP contribution >= 0.6 is 11.6 Å². The van der Waals surface area contributed by atoms with Crippen molar-refractivity contribution in [1.29, 1.82) is 0 Å². The number of hydrogen-bond donors (Lipinski definition) is 1. The lowest BCUT2D eigenvalue weighted by atomic mass is 9.98. The second kappa shape index (κ2) is 5.96. The number of nitrogen functional groups attached to an aromatic ring is 1. The summed E-state index contributed by atoms with van der Waals surface area (Å²) in [6, 6.07) is 12.1. The summed E-state index contributed by atoms with van der Waals surface area (Å²) in [6.07, 6.45) is 1.05. The molecule has 0 fully saturated rings. The quantitative estimate of drug-likeness (QED) is 0.882. The Morgan fingerprint density at radius 3 is 2.90 bits per heavy atom. The lowest BCUT2D eigenvalue weighted by molar-refractivity contribution is 0.246. The van der Waals surface area contributed by atoms with Crippen LogP contribution in [0.2, 0.25) is 5.02 Å². The highest BCUT2D eigenvalue weighted by atomic mass is 35.5. The predicted octanol–water partition coefficient (Wildman–Crippen LogP) is 3.49. The van der Waals surface area contributed by atoms with Gasteiger partial charge in [0.15, 0.2) is 0 Å². The summed E-state index contributed by atoms with van der Waals surface area (Å²) in [7, 11) is 1.63. The minimum absolute atomic E-state index is 0.659. The molecule has 3 nitrogen and oxygen atoms in total. The summed E-state index contributed by atoms with van der Waals surface area (Å²) < 4.78 is 5.19. The number of fused-ring (bicyclic) bond motifs is 1. The van der Waals surface area contributed by atoms with Gasteiger partial charge < -0.3 is 10.5 Å². The van der Waals surface area contributed by atoms with Crippen LogP contribution in [0.1, 0.15) is 16.7 Å². The molecule has 3 rings (SSSR count). The number of benzene rings is 2. The zero-order valence-electron chi connectivity index (χ0n) is 12.1. The number of hydrogen-bond acceptors (Lipinski definition) is 3. The molecule has 1 aliphatic heterocycles. The van der Waals surface area contributed by atoms with Crippen LogP contribution in [0.4, 0.5) is 5.69 Å². The summed E-state index contributed by atoms with van der Waals surface area (Å²) in [6.45, 7) is 2.81. The molecular formula is C17H19ClN2O. The standard InChI is InChI=1S/C17H19ClN2O/c1-21-17-6-5-12(9-15(17)18)10-20-8-7-13-3-2-4-16(19)14(13)11-20/h2-6,9H,7-8,10-11,19H2,1H3. The molecule has 1 aliphatic rings. The first-order chi connectivity index (χ1) is 10.2. The second-order valence-corrected chi connectivity index (χ2v) is 5.82. The SMILES string of the molecule is COc1ccc(CN2CCc3cccc(N)c3C2)cc1Cl. The van der Waals surface area contributed by atoms with Crippen molar-refractivity contribution in [2.24, 2.45) is 0 Å². The Hall–Kier alpha value is -1.71. The molecule has 0 saturated carbocycles. The first-order valence-electron chi connectivity index (χ1n) is 7.08. The van der Waals surface area contributed by atoms with Gasteiger partial charge in [-0.25, -0.2) is 0 Å². The van der Waals surface area contributed by atoms with E-state index in [1.54, 1.807) is 7.11 Å². The molecule has 0 radical (unpaired) electrons. The minimum Gasteiger partial charge on any atom is -0.495 e. The van der Waals surface area contributed by atoms with Gasteiger partial charge in [-0.1, -0.05) is 29.8 Å². The van der Waals surface area contributed by atoms with Crippen molar-refractivity contribution in [3.63, 3.8) is 0 Å². The Morgan fingerprint density at radius 1 is 1.29 bits per heavy atom. The fourth-order valence-corrected chi connectivity index (χ4v) is 3.14. The van der Waals surface area contributed by atoms with Gasteiger partial charge in [0.25, 0.3) is 0 Å². The van der Waals surface area contributed by atoms with E-state index in [1.807, 2.05) is 24.3 Å². The molecule has 0 aromatic heterocycles. The molecule has 2 aromatic rings. The summed E-state index contributed by atoms with van der Waals surface area (Å²) >= 11 is 6.19. The van der Waals surface area contributed by atoms with E-state index in [9.17, 15) is 0 Å². The number of ether oxygens (including phenoxy) is 1. The third kappa shape index (κ3) is 2.99. The maximum Gasteiger partial charge on any atom is 0.137 e. The molecule has 0 bridgehead atoms. The van der Waals surface area contributed by atoms with Crippen LogP contribution in [-0.2, 0) is 19.5 Å². The number of nitrogens with zero attached hydrogens (tertiary/aromatic N) is 1. The number of anilines is 1. The maximum atomic E-state index is 6.19. The molecular weight excluding hydrogens is 284 g/mol. The topological polar surface area (TPSA) is 38.5 Å². The molecule has 21 heavy (non-hydrogen) atoms. The number of halogens is 1. The number of methoxy groups -OCH3 is 1. The Balaban J connectivity index is 1.75. The van der Waals surface area contributed by atoms with Crippen molar-refractivity contribution in [3.05, 3.63) is 58.1 Å². The molecule has 2 aromatic carbocycles. The Labute approximate surface area is 130 Å².